The quantitative estimate of drug-likeness (QED) is 0.770. The van der Waals surface area contributed by atoms with Crippen LogP contribution in [0.5, 0.6) is 11.5 Å². The zero-order valence-corrected chi connectivity index (χ0v) is 12.2. The Kier molecular flexibility index (Phi) is 6.85. The highest BCUT2D eigenvalue weighted by atomic mass is 35.5. The molecule has 0 fully saturated rings. The number of rotatable bonds is 6. The summed E-state index contributed by atoms with van der Waals surface area (Å²) in [5.41, 5.74) is 7.23. The van der Waals surface area contributed by atoms with Gasteiger partial charge in [0.1, 0.15) is 11.5 Å². The number of hydrogen-bond acceptors (Lipinski definition) is 2. The van der Waals surface area contributed by atoms with E-state index in [-0.39, 0.29) is 18.4 Å². The fraction of sp³-hybridized carbons (Fsp3) is 0.176. The Balaban J connectivity index is 0.00000200. The largest absolute Gasteiger partial charge is 0.457 e. The molecule has 0 bridgehead atoms. The van der Waals surface area contributed by atoms with Gasteiger partial charge in [-0.25, -0.2) is 0 Å². The van der Waals surface area contributed by atoms with Crippen molar-refractivity contribution < 1.29 is 4.74 Å². The van der Waals surface area contributed by atoms with Crippen LogP contribution in [-0.2, 0) is 0 Å². The van der Waals surface area contributed by atoms with Crippen LogP contribution in [0.3, 0.4) is 0 Å². The van der Waals surface area contributed by atoms with Gasteiger partial charge in [0.05, 0.1) is 0 Å². The van der Waals surface area contributed by atoms with E-state index >= 15 is 0 Å². The molecule has 0 aromatic heterocycles. The van der Waals surface area contributed by atoms with Gasteiger partial charge >= 0.3 is 0 Å². The summed E-state index contributed by atoms with van der Waals surface area (Å²) in [5.74, 6) is 1.65. The minimum atomic E-state index is 0. The maximum absolute atomic E-state index is 6.14. The fourth-order valence-corrected chi connectivity index (χ4v) is 1.90. The highest BCUT2D eigenvalue weighted by Gasteiger charge is 2.06. The molecule has 106 valence electrons. The highest BCUT2D eigenvalue weighted by Crippen LogP contribution is 2.25. The van der Waals surface area contributed by atoms with Crippen LogP contribution < -0.4 is 10.5 Å². The number of ether oxygens (including phenoxy) is 1. The molecule has 0 saturated carbocycles. The van der Waals surface area contributed by atoms with E-state index in [1.54, 1.807) is 0 Å². The average Bonchev–Trinajstić information content (AvgIpc) is 2.46. The molecule has 0 aliphatic heterocycles. The van der Waals surface area contributed by atoms with Crippen LogP contribution in [0, 0.1) is 0 Å². The van der Waals surface area contributed by atoms with Crippen molar-refractivity contribution in [3.63, 3.8) is 0 Å². The molecule has 20 heavy (non-hydrogen) atoms. The van der Waals surface area contributed by atoms with E-state index in [0.717, 1.165) is 29.9 Å². The van der Waals surface area contributed by atoms with Gasteiger partial charge in [-0.2, -0.15) is 0 Å². The number of benzene rings is 2. The predicted molar refractivity (Wildman–Crippen MR) is 86.6 cm³/mol. The molecule has 2 aromatic carbocycles. The van der Waals surface area contributed by atoms with Crippen molar-refractivity contribution >= 4 is 12.4 Å². The third-order valence-electron chi connectivity index (χ3n) is 2.95. The van der Waals surface area contributed by atoms with Crippen LogP contribution >= 0.6 is 12.4 Å². The lowest BCUT2D eigenvalue weighted by Crippen LogP contribution is -2.09. The van der Waals surface area contributed by atoms with E-state index in [0.29, 0.717) is 0 Å². The summed E-state index contributed by atoms with van der Waals surface area (Å²) in [5, 5.41) is 0. The Morgan fingerprint density at radius 1 is 1.05 bits per heavy atom. The van der Waals surface area contributed by atoms with Gasteiger partial charge in [-0.15, -0.1) is 19.0 Å². The first-order valence-corrected chi connectivity index (χ1v) is 6.49. The molecule has 1 atom stereocenters. The number of halogens is 1. The molecule has 0 radical (unpaired) electrons. The average molecular weight is 290 g/mol. The maximum atomic E-state index is 6.14. The van der Waals surface area contributed by atoms with Gasteiger partial charge in [-0.3, -0.25) is 0 Å². The molecule has 0 spiro atoms. The van der Waals surface area contributed by atoms with Crippen LogP contribution in [-0.4, -0.2) is 0 Å². The van der Waals surface area contributed by atoms with E-state index in [4.69, 9.17) is 10.5 Å². The molecular weight excluding hydrogens is 270 g/mol. The second-order valence-corrected chi connectivity index (χ2v) is 4.46. The second kappa shape index (κ2) is 8.41. The summed E-state index contributed by atoms with van der Waals surface area (Å²) in [6, 6.07) is 17.7. The summed E-state index contributed by atoms with van der Waals surface area (Å²) >= 11 is 0. The topological polar surface area (TPSA) is 35.2 Å². The summed E-state index contributed by atoms with van der Waals surface area (Å²) in [6.07, 6.45) is 3.72. The molecule has 0 saturated heterocycles. The Hall–Kier alpha value is -1.77. The molecule has 0 aliphatic rings. The zero-order valence-electron chi connectivity index (χ0n) is 11.4. The summed E-state index contributed by atoms with van der Waals surface area (Å²) in [4.78, 5) is 0. The first kappa shape index (κ1) is 16.3. The van der Waals surface area contributed by atoms with Crippen LogP contribution in [0.1, 0.15) is 24.4 Å². The summed E-state index contributed by atoms with van der Waals surface area (Å²) in [7, 11) is 0. The van der Waals surface area contributed by atoms with Crippen molar-refractivity contribution in [3.05, 3.63) is 72.8 Å². The normalized spacial score (nSPS) is 11.2. The lowest BCUT2D eigenvalue weighted by Gasteiger charge is -2.12. The highest BCUT2D eigenvalue weighted by molar-refractivity contribution is 5.85. The molecular formula is C17H20ClNO. The van der Waals surface area contributed by atoms with Gasteiger partial charge in [-0.1, -0.05) is 36.4 Å². The number of nitrogens with two attached hydrogens (primary N) is 1. The Bertz CT molecular complexity index is 528. The SMILES string of the molecule is C=CCC[C@@H](N)c1cccc(Oc2ccccc2)c1.Cl. The molecule has 2 nitrogen and oxygen atoms in total. The molecule has 0 aliphatic carbocycles. The lowest BCUT2D eigenvalue weighted by molar-refractivity contribution is 0.481. The van der Waals surface area contributed by atoms with Gasteiger partial charge in [-0.05, 0) is 42.7 Å². The van der Waals surface area contributed by atoms with Crippen molar-refractivity contribution in [2.45, 2.75) is 18.9 Å². The second-order valence-electron chi connectivity index (χ2n) is 4.46. The van der Waals surface area contributed by atoms with E-state index in [1.165, 1.54) is 0 Å². The van der Waals surface area contributed by atoms with E-state index in [2.05, 4.69) is 6.58 Å². The molecule has 2 rings (SSSR count). The minimum Gasteiger partial charge on any atom is -0.457 e. The molecule has 0 amide bonds. The molecule has 3 heteroatoms. The van der Waals surface area contributed by atoms with Crippen LogP contribution in [0.15, 0.2) is 67.3 Å². The van der Waals surface area contributed by atoms with E-state index < -0.39 is 0 Å². The molecule has 2 N–H and O–H groups in total. The van der Waals surface area contributed by atoms with Crippen molar-refractivity contribution in [3.8, 4) is 11.5 Å². The minimum absolute atomic E-state index is 0. The smallest absolute Gasteiger partial charge is 0.127 e. The number of allylic oxidation sites excluding steroid dienone is 1. The Morgan fingerprint density at radius 3 is 2.45 bits per heavy atom. The standard InChI is InChI=1S/C17H19NO.ClH/c1-2-3-12-17(18)14-8-7-11-16(13-14)19-15-9-5-4-6-10-15;/h2,4-11,13,17H,1,3,12,18H2;1H/t17-;/m1./s1. The van der Waals surface area contributed by atoms with E-state index in [1.807, 2.05) is 60.7 Å². The van der Waals surface area contributed by atoms with Crippen molar-refractivity contribution in [1.82, 2.24) is 0 Å². The van der Waals surface area contributed by atoms with Crippen LogP contribution in [0.2, 0.25) is 0 Å². The van der Waals surface area contributed by atoms with Crippen LogP contribution in [0.25, 0.3) is 0 Å². The summed E-state index contributed by atoms with van der Waals surface area (Å²) in [6.45, 7) is 3.72. The lowest BCUT2D eigenvalue weighted by atomic mass is 10.0. The van der Waals surface area contributed by atoms with Crippen LogP contribution in [0.4, 0.5) is 0 Å². The van der Waals surface area contributed by atoms with Gasteiger partial charge in [0, 0.05) is 6.04 Å². The molecule has 0 unspecified atom stereocenters. The Labute approximate surface area is 126 Å². The maximum Gasteiger partial charge on any atom is 0.127 e. The third-order valence-corrected chi connectivity index (χ3v) is 2.95. The first-order chi connectivity index (χ1) is 9.29. The van der Waals surface area contributed by atoms with Gasteiger partial charge in [0.2, 0.25) is 0 Å². The predicted octanol–water partition coefficient (Wildman–Crippen LogP) is 4.87. The Morgan fingerprint density at radius 2 is 1.75 bits per heavy atom. The summed E-state index contributed by atoms with van der Waals surface area (Å²) < 4.78 is 5.80. The molecule has 2 aromatic rings. The van der Waals surface area contributed by atoms with Crippen molar-refractivity contribution in [1.29, 1.82) is 0 Å². The van der Waals surface area contributed by atoms with Gasteiger partial charge in [0.25, 0.3) is 0 Å². The van der Waals surface area contributed by atoms with Crippen molar-refractivity contribution in [2.75, 3.05) is 0 Å². The zero-order chi connectivity index (χ0) is 13.5. The van der Waals surface area contributed by atoms with E-state index in [9.17, 15) is 0 Å². The first-order valence-electron chi connectivity index (χ1n) is 6.49. The van der Waals surface area contributed by atoms with Gasteiger partial charge in [0.15, 0.2) is 0 Å². The number of hydrogen-bond donors (Lipinski definition) is 1. The fourth-order valence-electron chi connectivity index (χ4n) is 1.90. The van der Waals surface area contributed by atoms with Gasteiger partial charge < -0.3 is 10.5 Å². The monoisotopic (exact) mass is 289 g/mol. The van der Waals surface area contributed by atoms with Crippen molar-refractivity contribution in [2.24, 2.45) is 5.73 Å². The number of para-hydroxylation sites is 1. The molecule has 0 heterocycles. The third kappa shape index (κ3) is 4.72.